The summed E-state index contributed by atoms with van der Waals surface area (Å²) in [5, 5.41) is 14.6. The third-order valence-corrected chi connectivity index (χ3v) is 9.18. The maximum atomic E-state index is 12.8. The summed E-state index contributed by atoms with van der Waals surface area (Å²) in [5.74, 6) is -0.417. The number of aryl methyl sites for hydroxylation is 1. The van der Waals surface area contributed by atoms with E-state index in [0.29, 0.717) is 39.4 Å². The van der Waals surface area contributed by atoms with Crippen molar-refractivity contribution in [3.05, 3.63) is 131 Å². The molecule has 0 unspecified atom stereocenters. The molecule has 2 amide bonds. The van der Waals surface area contributed by atoms with Crippen LogP contribution in [-0.4, -0.2) is 75.2 Å². The maximum Gasteiger partial charge on any atom is 0.264 e. The van der Waals surface area contributed by atoms with Crippen LogP contribution in [0.3, 0.4) is 0 Å². The van der Waals surface area contributed by atoms with Gasteiger partial charge in [0.2, 0.25) is 5.91 Å². The number of sulfonamides is 1. The van der Waals surface area contributed by atoms with Crippen molar-refractivity contribution < 1.29 is 22.7 Å². The monoisotopic (exact) mass is 688 g/mol. The Morgan fingerprint density at radius 1 is 1.00 bits per heavy atom. The van der Waals surface area contributed by atoms with E-state index < -0.39 is 15.9 Å². The molecule has 5 aromatic rings. The van der Waals surface area contributed by atoms with Crippen LogP contribution in [0.1, 0.15) is 22.3 Å². The van der Waals surface area contributed by atoms with Crippen molar-refractivity contribution in [3.8, 4) is 11.4 Å². The molecule has 4 aromatic carbocycles. The minimum atomic E-state index is -3.97. The predicted molar refractivity (Wildman–Crippen MR) is 183 cm³/mol. The molecule has 1 saturated heterocycles. The molecule has 0 aliphatic carbocycles. The Labute approximate surface area is 303 Å². The second kappa shape index (κ2) is 15.5. The van der Waals surface area contributed by atoms with E-state index in [9.17, 15) is 18.0 Å². The van der Waals surface area contributed by atoms with Gasteiger partial charge in [0.25, 0.3) is 15.9 Å². The molecule has 2 heterocycles. The molecule has 1 aliphatic heterocycles. The first-order valence-corrected chi connectivity index (χ1v) is 16.6. The second-order valence-corrected chi connectivity index (χ2v) is 13.1. The SMILES string of the molecule is Cc1ccc(S(=O)(=O)NC(=O)Cc2ccc(N=C3NC(=O)C(=Cc4ccc(-n5cnnn5)c(OCc5ccccc5)c4)S3)cc2)cc1.[Na]. The Kier molecular flexibility index (Phi) is 11.2. The molecule has 0 spiro atoms. The standard InChI is InChI=1S/C33H27N7O5S2.Na/c1-22-7-14-27(15-8-22)47(43,44)37-31(41)19-23-9-12-26(13-10-23)35-33-36-32(42)30(46-33)18-25-11-16-28(40-21-34-38-39-40)29(17-25)45-20-24-5-3-2-4-6-24;/h2-18,21H,19-20H2,1H3,(H,37,41)(H,35,36,42);. The Hall–Kier alpha value is -4.60. The summed E-state index contributed by atoms with van der Waals surface area (Å²) in [6, 6.07) is 28.2. The number of aromatic nitrogens is 4. The summed E-state index contributed by atoms with van der Waals surface area (Å²) < 4.78 is 34.8. The van der Waals surface area contributed by atoms with Crippen molar-refractivity contribution in [2.24, 2.45) is 4.99 Å². The zero-order valence-electron chi connectivity index (χ0n) is 25.9. The van der Waals surface area contributed by atoms with E-state index in [0.717, 1.165) is 16.7 Å². The zero-order chi connectivity index (χ0) is 32.8. The van der Waals surface area contributed by atoms with Crippen LogP contribution in [0.5, 0.6) is 5.75 Å². The van der Waals surface area contributed by atoms with Gasteiger partial charge >= 0.3 is 0 Å². The number of hydrogen-bond donors (Lipinski definition) is 2. The Bertz CT molecular complexity index is 2090. The average molecular weight is 689 g/mol. The molecular weight excluding hydrogens is 662 g/mol. The van der Waals surface area contributed by atoms with Gasteiger partial charge in [0.05, 0.1) is 21.9 Å². The molecule has 12 nitrogen and oxygen atoms in total. The summed E-state index contributed by atoms with van der Waals surface area (Å²) in [4.78, 5) is 30.2. The fourth-order valence-electron chi connectivity index (χ4n) is 4.52. The van der Waals surface area contributed by atoms with Crippen LogP contribution < -0.4 is 14.8 Å². The van der Waals surface area contributed by atoms with Crippen LogP contribution in [0.4, 0.5) is 5.69 Å². The minimum Gasteiger partial charge on any atom is -0.487 e. The number of rotatable bonds is 10. The fraction of sp³-hybridized carbons (Fsp3) is 0.0909. The first kappa shape index (κ1) is 34.7. The predicted octanol–water partition coefficient (Wildman–Crippen LogP) is 4.11. The van der Waals surface area contributed by atoms with E-state index in [1.807, 2.05) is 55.5 Å². The van der Waals surface area contributed by atoms with Gasteiger partial charge in [0.1, 0.15) is 24.4 Å². The molecule has 15 heteroatoms. The Morgan fingerprint density at radius 2 is 1.75 bits per heavy atom. The Balaban J connectivity index is 0.00000451. The van der Waals surface area contributed by atoms with Crippen molar-refractivity contribution in [2.45, 2.75) is 24.8 Å². The number of ether oxygens (including phenoxy) is 1. The topological polar surface area (TPSA) is 158 Å². The number of amides is 2. The first-order valence-electron chi connectivity index (χ1n) is 14.3. The molecule has 1 aliphatic rings. The van der Waals surface area contributed by atoms with Gasteiger partial charge in [0.15, 0.2) is 5.17 Å². The van der Waals surface area contributed by atoms with Gasteiger partial charge < -0.3 is 10.1 Å². The number of carbonyl (C=O) groups excluding carboxylic acids is 2. The number of hydrogen-bond acceptors (Lipinski definition) is 10. The van der Waals surface area contributed by atoms with Crippen molar-refractivity contribution in [3.63, 3.8) is 0 Å². The number of tetrazole rings is 1. The molecule has 2 N–H and O–H groups in total. The van der Waals surface area contributed by atoms with Crippen LogP contribution in [-0.2, 0) is 32.6 Å². The van der Waals surface area contributed by atoms with Gasteiger partial charge in [-0.1, -0.05) is 66.2 Å². The zero-order valence-corrected chi connectivity index (χ0v) is 29.5. The average Bonchev–Trinajstić information content (AvgIpc) is 3.71. The number of thioether (sulfide) groups is 1. The smallest absolute Gasteiger partial charge is 0.264 e. The van der Waals surface area contributed by atoms with Crippen molar-refractivity contribution in [1.82, 2.24) is 30.2 Å². The first-order chi connectivity index (χ1) is 22.7. The van der Waals surface area contributed by atoms with Crippen LogP contribution >= 0.6 is 11.8 Å². The molecular formula is C33H27N7NaO5S2. The quantitative estimate of drug-likeness (QED) is 0.163. The van der Waals surface area contributed by atoms with E-state index in [-0.39, 0.29) is 46.8 Å². The number of nitrogens with zero attached hydrogens (tertiary/aromatic N) is 5. The van der Waals surface area contributed by atoms with E-state index in [4.69, 9.17) is 4.74 Å². The second-order valence-electron chi connectivity index (χ2n) is 10.4. The van der Waals surface area contributed by atoms with Gasteiger partial charge in [-0.05, 0) is 88.3 Å². The van der Waals surface area contributed by atoms with Crippen LogP contribution in [0, 0.1) is 6.92 Å². The summed E-state index contributed by atoms with van der Waals surface area (Å²) in [6.45, 7) is 2.18. The minimum absolute atomic E-state index is 0. The van der Waals surface area contributed by atoms with E-state index >= 15 is 0 Å². The van der Waals surface area contributed by atoms with Crippen LogP contribution in [0.25, 0.3) is 11.8 Å². The third-order valence-electron chi connectivity index (χ3n) is 6.88. The van der Waals surface area contributed by atoms with Crippen molar-refractivity contribution >= 4 is 80.1 Å². The number of benzene rings is 4. The maximum absolute atomic E-state index is 12.8. The number of amidine groups is 1. The number of aliphatic imine (C=N–C) groups is 1. The molecule has 6 rings (SSSR count). The fourth-order valence-corrected chi connectivity index (χ4v) is 6.34. The summed E-state index contributed by atoms with van der Waals surface area (Å²) in [5.41, 5.74) is 4.43. The van der Waals surface area contributed by atoms with Crippen LogP contribution in [0.2, 0.25) is 0 Å². The summed E-state index contributed by atoms with van der Waals surface area (Å²) in [7, 11) is -3.97. The number of nitrogens with one attached hydrogen (secondary N) is 2. The largest absolute Gasteiger partial charge is 0.487 e. The van der Waals surface area contributed by atoms with E-state index in [1.54, 1.807) is 42.5 Å². The molecule has 0 atom stereocenters. The molecule has 0 saturated carbocycles. The van der Waals surface area contributed by atoms with Gasteiger partial charge in [-0.25, -0.2) is 18.1 Å². The van der Waals surface area contributed by atoms with E-state index in [1.165, 1.54) is 34.9 Å². The van der Waals surface area contributed by atoms with Gasteiger partial charge in [-0.15, -0.1) is 5.10 Å². The summed E-state index contributed by atoms with van der Waals surface area (Å²) in [6.07, 6.45) is 3.08. The third kappa shape index (κ3) is 8.85. The molecule has 1 aromatic heterocycles. The van der Waals surface area contributed by atoms with Crippen molar-refractivity contribution in [2.75, 3.05) is 0 Å². The van der Waals surface area contributed by atoms with Gasteiger partial charge in [-0.2, -0.15) is 4.68 Å². The Morgan fingerprint density at radius 3 is 2.46 bits per heavy atom. The molecule has 237 valence electrons. The molecule has 1 radical (unpaired) electrons. The number of carbonyl (C=O) groups is 2. The van der Waals surface area contributed by atoms with E-state index in [2.05, 4.69) is 30.6 Å². The molecule has 48 heavy (non-hydrogen) atoms. The van der Waals surface area contributed by atoms with Gasteiger partial charge in [-0.3, -0.25) is 9.59 Å². The van der Waals surface area contributed by atoms with Gasteiger partial charge in [0, 0.05) is 29.6 Å². The summed E-state index contributed by atoms with van der Waals surface area (Å²) >= 11 is 1.19. The molecule has 0 bridgehead atoms. The normalized spacial score (nSPS) is 14.4. The molecule has 1 fully saturated rings. The van der Waals surface area contributed by atoms with Crippen molar-refractivity contribution in [1.29, 1.82) is 0 Å². The van der Waals surface area contributed by atoms with Crippen LogP contribution in [0.15, 0.2) is 118 Å².